The van der Waals surface area contributed by atoms with E-state index in [4.69, 9.17) is 4.74 Å². The number of carbonyl (C=O) groups is 1. The van der Waals surface area contributed by atoms with Crippen molar-refractivity contribution in [2.24, 2.45) is 0 Å². The quantitative estimate of drug-likeness (QED) is 0.932. The van der Waals surface area contributed by atoms with E-state index in [1.165, 1.54) is 18.4 Å². The number of nitrogens with zero attached hydrogens (tertiary/aromatic N) is 1. The lowest BCUT2D eigenvalue weighted by atomic mass is 9.87. The van der Waals surface area contributed by atoms with E-state index < -0.39 is 0 Å². The highest BCUT2D eigenvalue weighted by atomic mass is 16.5. The number of nitrogens with one attached hydrogen (secondary N) is 1. The summed E-state index contributed by atoms with van der Waals surface area (Å²) < 4.78 is 5.70. The molecule has 0 aliphatic carbocycles. The first-order chi connectivity index (χ1) is 10.9. The Hall–Kier alpha value is -1.55. The van der Waals surface area contributed by atoms with E-state index in [9.17, 15) is 4.79 Å². The molecule has 126 valence electrons. The molecule has 2 aliphatic rings. The van der Waals surface area contributed by atoms with Crippen LogP contribution in [-0.2, 0) is 10.2 Å². The maximum atomic E-state index is 12.4. The van der Waals surface area contributed by atoms with Crippen LogP contribution in [0.2, 0.25) is 0 Å². The van der Waals surface area contributed by atoms with Crippen LogP contribution < -0.4 is 10.1 Å². The lowest BCUT2D eigenvalue weighted by Crippen LogP contribution is -2.41. The second-order valence-electron chi connectivity index (χ2n) is 7.83. The first kappa shape index (κ1) is 16.3. The van der Waals surface area contributed by atoms with Gasteiger partial charge in [-0.1, -0.05) is 32.9 Å². The fraction of sp³-hybridized carbons (Fsp3) is 0.632. The summed E-state index contributed by atoms with van der Waals surface area (Å²) in [5, 5.41) is 3.60. The molecule has 1 amide bonds. The third-order valence-electron chi connectivity index (χ3n) is 4.96. The van der Waals surface area contributed by atoms with Crippen LogP contribution >= 0.6 is 0 Å². The van der Waals surface area contributed by atoms with Crippen molar-refractivity contribution in [3.8, 4) is 5.75 Å². The Bertz CT molecular complexity index is 547. The van der Waals surface area contributed by atoms with Crippen molar-refractivity contribution in [2.45, 2.75) is 57.5 Å². The van der Waals surface area contributed by atoms with Gasteiger partial charge < -0.3 is 15.0 Å². The van der Waals surface area contributed by atoms with Crippen LogP contribution in [0.5, 0.6) is 5.75 Å². The first-order valence-corrected chi connectivity index (χ1v) is 8.69. The van der Waals surface area contributed by atoms with Crippen LogP contribution in [-0.4, -0.2) is 42.6 Å². The summed E-state index contributed by atoms with van der Waals surface area (Å²) in [7, 11) is 0. The average molecular weight is 316 g/mol. The molecule has 0 saturated carbocycles. The summed E-state index contributed by atoms with van der Waals surface area (Å²) in [5.41, 5.74) is 1.40. The number of ether oxygens (including phenoxy) is 1. The molecule has 2 bridgehead atoms. The number of rotatable bonds is 3. The first-order valence-electron chi connectivity index (χ1n) is 8.69. The van der Waals surface area contributed by atoms with Crippen LogP contribution in [0, 0.1) is 0 Å². The number of hydrogen-bond acceptors (Lipinski definition) is 3. The van der Waals surface area contributed by atoms with Crippen LogP contribution in [0.25, 0.3) is 0 Å². The van der Waals surface area contributed by atoms with Gasteiger partial charge in [-0.05, 0) is 42.4 Å². The van der Waals surface area contributed by atoms with Gasteiger partial charge in [0.05, 0.1) is 0 Å². The molecule has 2 unspecified atom stereocenters. The van der Waals surface area contributed by atoms with E-state index in [2.05, 4.69) is 38.2 Å². The number of amides is 1. The van der Waals surface area contributed by atoms with E-state index in [1.807, 2.05) is 17.0 Å². The zero-order valence-corrected chi connectivity index (χ0v) is 14.5. The molecule has 2 atom stereocenters. The van der Waals surface area contributed by atoms with Gasteiger partial charge in [-0.25, -0.2) is 0 Å². The molecule has 3 rings (SSSR count). The highest BCUT2D eigenvalue weighted by Crippen LogP contribution is 2.24. The topological polar surface area (TPSA) is 41.6 Å². The molecule has 4 heteroatoms. The number of benzene rings is 1. The summed E-state index contributed by atoms with van der Waals surface area (Å²) in [4.78, 5) is 14.4. The van der Waals surface area contributed by atoms with Crippen molar-refractivity contribution in [2.75, 3.05) is 19.7 Å². The molecule has 1 N–H and O–H groups in total. The Morgan fingerprint density at radius 3 is 2.57 bits per heavy atom. The van der Waals surface area contributed by atoms with E-state index in [0.717, 1.165) is 25.3 Å². The van der Waals surface area contributed by atoms with Gasteiger partial charge in [0, 0.05) is 25.2 Å². The van der Waals surface area contributed by atoms with Crippen molar-refractivity contribution in [1.82, 2.24) is 10.2 Å². The molecule has 2 fully saturated rings. The Labute approximate surface area is 139 Å². The zero-order valence-electron chi connectivity index (χ0n) is 14.5. The number of fused-ring (bicyclic) bond motifs is 2. The molecule has 4 nitrogen and oxygen atoms in total. The normalized spacial score (nSPS) is 24.4. The van der Waals surface area contributed by atoms with Crippen LogP contribution in [0.3, 0.4) is 0 Å². The van der Waals surface area contributed by atoms with Gasteiger partial charge in [0.15, 0.2) is 6.61 Å². The lowest BCUT2D eigenvalue weighted by Gasteiger charge is -2.24. The highest BCUT2D eigenvalue weighted by molar-refractivity contribution is 5.77. The number of carbonyl (C=O) groups excluding carboxylic acids is 1. The van der Waals surface area contributed by atoms with E-state index in [-0.39, 0.29) is 17.9 Å². The SMILES string of the molecule is CC(C)(C)c1ccc(OCC(=O)N2CCC3CCC(C2)N3)cc1. The molecule has 0 spiro atoms. The molecular weight excluding hydrogens is 288 g/mol. The van der Waals surface area contributed by atoms with Gasteiger partial charge >= 0.3 is 0 Å². The van der Waals surface area contributed by atoms with Crippen LogP contribution in [0.1, 0.15) is 45.6 Å². The summed E-state index contributed by atoms with van der Waals surface area (Å²) in [5.74, 6) is 0.861. The van der Waals surface area contributed by atoms with Gasteiger partial charge in [0.2, 0.25) is 0 Å². The third-order valence-corrected chi connectivity index (χ3v) is 4.96. The van der Waals surface area contributed by atoms with Gasteiger partial charge in [-0.3, -0.25) is 4.79 Å². The maximum Gasteiger partial charge on any atom is 0.260 e. The maximum absolute atomic E-state index is 12.4. The van der Waals surface area contributed by atoms with Crippen molar-refractivity contribution in [3.63, 3.8) is 0 Å². The Morgan fingerprint density at radius 2 is 1.87 bits per heavy atom. The van der Waals surface area contributed by atoms with Crippen molar-refractivity contribution in [1.29, 1.82) is 0 Å². The van der Waals surface area contributed by atoms with E-state index in [1.54, 1.807) is 0 Å². The second kappa shape index (κ2) is 6.52. The van der Waals surface area contributed by atoms with Crippen molar-refractivity contribution >= 4 is 5.91 Å². The third kappa shape index (κ3) is 4.05. The minimum Gasteiger partial charge on any atom is -0.484 e. The minimum atomic E-state index is 0.0965. The minimum absolute atomic E-state index is 0.0965. The molecule has 2 saturated heterocycles. The van der Waals surface area contributed by atoms with Crippen molar-refractivity contribution in [3.05, 3.63) is 29.8 Å². The Morgan fingerprint density at radius 1 is 1.17 bits per heavy atom. The largest absolute Gasteiger partial charge is 0.484 e. The fourth-order valence-electron chi connectivity index (χ4n) is 3.46. The monoisotopic (exact) mass is 316 g/mol. The Balaban J connectivity index is 1.52. The number of hydrogen-bond donors (Lipinski definition) is 1. The van der Waals surface area contributed by atoms with Gasteiger partial charge in [0.1, 0.15) is 5.75 Å². The smallest absolute Gasteiger partial charge is 0.260 e. The van der Waals surface area contributed by atoms with E-state index >= 15 is 0 Å². The summed E-state index contributed by atoms with van der Waals surface area (Å²) in [6, 6.07) is 9.14. The summed E-state index contributed by atoms with van der Waals surface area (Å²) >= 11 is 0. The van der Waals surface area contributed by atoms with Gasteiger partial charge in [0.25, 0.3) is 5.91 Å². The molecule has 0 radical (unpaired) electrons. The molecule has 1 aromatic rings. The van der Waals surface area contributed by atoms with Crippen LogP contribution in [0.15, 0.2) is 24.3 Å². The average Bonchev–Trinajstić information content (AvgIpc) is 2.83. The molecule has 2 heterocycles. The molecule has 0 aromatic heterocycles. The predicted molar refractivity (Wildman–Crippen MR) is 91.8 cm³/mol. The fourth-order valence-corrected chi connectivity index (χ4v) is 3.46. The van der Waals surface area contributed by atoms with E-state index in [0.29, 0.717) is 12.1 Å². The molecule has 23 heavy (non-hydrogen) atoms. The predicted octanol–water partition coefficient (Wildman–Crippen LogP) is 2.72. The standard InChI is InChI=1S/C19H28N2O2/c1-19(2,3)14-4-8-17(9-5-14)23-13-18(22)21-11-10-15-6-7-16(12-21)20-15/h4-5,8-9,15-16,20H,6-7,10-13H2,1-3H3. The number of likely N-dealkylation sites (tertiary alicyclic amines) is 1. The summed E-state index contributed by atoms with van der Waals surface area (Å²) in [6.07, 6.45) is 3.50. The highest BCUT2D eigenvalue weighted by Gasteiger charge is 2.31. The van der Waals surface area contributed by atoms with Crippen molar-refractivity contribution < 1.29 is 9.53 Å². The lowest BCUT2D eigenvalue weighted by molar-refractivity contribution is -0.133. The van der Waals surface area contributed by atoms with Crippen LogP contribution in [0.4, 0.5) is 0 Å². The van der Waals surface area contributed by atoms with Gasteiger partial charge in [-0.15, -0.1) is 0 Å². The molecular formula is C19H28N2O2. The van der Waals surface area contributed by atoms with Gasteiger partial charge in [-0.2, -0.15) is 0 Å². The second-order valence-corrected chi connectivity index (χ2v) is 7.83. The Kier molecular flexibility index (Phi) is 4.62. The molecule has 2 aliphatic heterocycles. The molecule has 1 aromatic carbocycles. The summed E-state index contributed by atoms with van der Waals surface area (Å²) in [6.45, 7) is 8.36. The zero-order chi connectivity index (χ0) is 16.4.